The molecule has 1 saturated heterocycles. The molecule has 2 amide bonds. The largest absolute Gasteiger partial charge is 0.443 e. The van der Waals surface area contributed by atoms with Crippen LogP contribution in [0.4, 0.5) is 4.79 Å². The lowest BCUT2D eigenvalue weighted by Gasteiger charge is -2.27. The Hall–Kier alpha value is -2.60. The van der Waals surface area contributed by atoms with E-state index in [1.165, 1.54) is 16.2 Å². The van der Waals surface area contributed by atoms with E-state index in [9.17, 15) is 9.59 Å². The molecular weight excluding hydrogens is 330 g/mol. The highest BCUT2D eigenvalue weighted by molar-refractivity contribution is 6.32. The Bertz CT molecular complexity index is 739. The molecule has 0 bridgehead atoms. The molecule has 6 nitrogen and oxygen atoms in total. The van der Waals surface area contributed by atoms with Gasteiger partial charge in [0.2, 0.25) is 0 Å². The van der Waals surface area contributed by atoms with Crippen LogP contribution in [0.5, 0.6) is 0 Å². The Morgan fingerprint density at radius 2 is 1.83 bits per heavy atom. The van der Waals surface area contributed by atoms with Gasteiger partial charge in [-0.15, -0.1) is 0 Å². The van der Waals surface area contributed by atoms with Crippen molar-refractivity contribution < 1.29 is 14.3 Å². The molecule has 24 heavy (non-hydrogen) atoms. The SMILES string of the molecule is O=C(OCc1ccccc1)N1CCCN1C(=O)c1cccnc1Cl. The van der Waals surface area contributed by atoms with Crippen LogP contribution in [0.15, 0.2) is 48.7 Å². The van der Waals surface area contributed by atoms with Crippen LogP contribution in [-0.2, 0) is 11.3 Å². The first-order valence-electron chi connectivity index (χ1n) is 7.57. The maximum atomic E-state index is 12.6. The average molecular weight is 346 g/mol. The number of aromatic nitrogens is 1. The van der Waals surface area contributed by atoms with Crippen LogP contribution in [-0.4, -0.2) is 40.1 Å². The summed E-state index contributed by atoms with van der Waals surface area (Å²) in [4.78, 5) is 28.8. The van der Waals surface area contributed by atoms with Crippen molar-refractivity contribution in [1.29, 1.82) is 0 Å². The van der Waals surface area contributed by atoms with E-state index < -0.39 is 6.09 Å². The van der Waals surface area contributed by atoms with Gasteiger partial charge in [-0.2, -0.15) is 0 Å². The number of amides is 2. The van der Waals surface area contributed by atoms with Gasteiger partial charge in [0.15, 0.2) is 0 Å². The zero-order valence-corrected chi connectivity index (χ0v) is 13.6. The summed E-state index contributed by atoms with van der Waals surface area (Å²) in [6, 6.07) is 12.6. The third kappa shape index (κ3) is 3.49. The van der Waals surface area contributed by atoms with Gasteiger partial charge >= 0.3 is 6.09 Å². The minimum atomic E-state index is -0.551. The van der Waals surface area contributed by atoms with Crippen LogP contribution < -0.4 is 0 Å². The number of rotatable bonds is 3. The summed E-state index contributed by atoms with van der Waals surface area (Å²) in [6.45, 7) is 1.02. The van der Waals surface area contributed by atoms with Gasteiger partial charge in [-0.05, 0) is 24.1 Å². The Morgan fingerprint density at radius 3 is 2.58 bits per heavy atom. The Balaban J connectivity index is 1.67. The standard InChI is InChI=1S/C17H16ClN3O3/c18-15-14(8-4-9-19-15)16(22)20-10-5-11-21(20)17(23)24-12-13-6-2-1-3-7-13/h1-4,6-9H,5,10-12H2. The van der Waals surface area contributed by atoms with Gasteiger partial charge < -0.3 is 4.74 Å². The molecule has 0 radical (unpaired) electrons. The van der Waals surface area contributed by atoms with Crippen molar-refractivity contribution in [3.8, 4) is 0 Å². The number of ether oxygens (including phenoxy) is 1. The first kappa shape index (κ1) is 16.3. The number of halogens is 1. The summed E-state index contributed by atoms with van der Waals surface area (Å²) < 4.78 is 5.30. The monoisotopic (exact) mass is 345 g/mol. The van der Waals surface area contributed by atoms with Crippen LogP contribution in [0.3, 0.4) is 0 Å². The first-order valence-corrected chi connectivity index (χ1v) is 7.95. The molecule has 0 saturated carbocycles. The van der Waals surface area contributed by atoms with E-state index in [0.717, 1.165) is 5.56 Å². The fourth-order valence-electron chi connectivity index (χ4n) is 2.49. The molecule has 0 atom stereocenters. The van der Waals surface area contributed by atoms with Crippen molar-refractivity contribution in [3.05, 3.63) is 64.9 Å². The van der Waals surface area contributed by atoms with Gasteiger partial charge in [-0.25, -0.2) is 19.8 Å². The topological polar surface area (TPSA) is 62.7 Å². The molecule has 2 heterocycles. The van der Waals surface area contributed by atoms with Crippen molar-refractivity contribution in [3.63, 3.8) is 0 Å². The van der Waals surface area contributed by atoms with Crippen molar-refractivity contribution in [1.82, 2.24) is 15.0 Å². The molecule has 2 aromatic rings. The molecule has 0 aliphatic carbocycles. The number of nitrogens with zero attached hydrogens (tertiary/aromatic N) is 3. The van der Waals surface area contributed by atoms with Crippen LogP contribution in [0.25, 0.3) is 0 Å². The highest BCUT2D eigenvalue weighted by atomic mass is 35.5. The first-order chi connectivity index (χ1) is 11.7. The Kier molecular flexibility index (Phi) is 4.96. The normalized spacial score (nSPS) is 13.9. The minimum Gasteiger partial charge on any atom is -0.443 e. The molecule has 1 aromatic heterocycles. The average Bonchev–Trinajstić information content (AvgIpc) is 3.10. The second-order valence-corrected chi connectivity index (χ2v) is 5.64. The van der Waals surface area contributed by atoms with E-state index in [1.54, 1.807) is 12.1 Å². The maximum Gasteiger partial charge on any atom is 0.429 e. The minimum absolute atomic E-state index is 0.118. The number of hydrogen-bond acceptors (Lipinski definition) is 4. The molecule has 1 fully saturated rings. The molecule has 1 aliphatic heterocycles. The lowest BCUT2D eigenvalue weighted by atomic mass is 10.2. The van der Waals surface area contributed by atoms with Gasteiger partial charge in [0.1, 0.15) is 11.8 Å². The number of carbonyl (C=O) groups excluding carboxylic acids is 2. The highest BCUT2D eigenvalue weighted by Gasteiger charge is 2.33. The van der Waals surface area contributed by atoms with Crippen LogP contribution in [0, 0.1) is 0 Å². The summed E-state index contributed by atoms with van der Waals surface area (Å²) in [5.74, 6) is -0.359. The summed E-state index contributed by atoms with van der Waals surface area (Å²) in [5, 5.41) is 2.79. The van der Waals surface area contributed by atoms with Gasteiger partial charge in [0, 0.05) is 19.3 Å². The van der Waals surface area contributed by atoms with E-state index >= 15 is 0 Å². The van der Waals surface area contributed by atoms with E-state index in [2.05, 4.69) is 4.98 Å². The number of benzene rings is 1. The van der Waals surface area contributed by atoms with Crippen molar-refractivity contribution in [2.45, 2.75) is 13.0 Å². The molecule has 3 rings (SSSR count). The van der Waals surface area contributed by atoms with E-state index in [0.29, 0.717) is 19.5 Å². The smallest absolute Gasteiger partial charge is 0.429 e. The molecule has 0 unspecified atom stereocenters. The number of hydrogen-bond donors (Lipinski definition) is 0. The third-order valence-corrected chi connectivity index (χ3v) is 3.97. The van der Waals surface area contributed by atoms with Crippen LogP contribution >= 0.6 is 11.6 Å². The number of pyridine rings is 1. The van der Waals surface area contributed by atoms with E-state index in [-0.39, 0.29) is 23.2 Å². The lowest BCUT2D eigenvalue weighted by molar-refractivity contribution is 0.0111. The van der Waals surface area contributed by atoms with Gasteiger partial charge in [0.25, 0.3) is 5.91 Å². The summed E-state index contributed by atoms with van der Waals surface area (Å²) in [6.07, 6.45) is 1.64. The third-order valence-electron chi connectivity index (χ3n) is 3.67. The van der Waals surface area contributed by atoms with Gasteiger partial charge in [0.05, 0.1) is 5.56 Å². The maximum absolute atomic E-state index is 12.6. The number of carbonyl (C=O) groups is 2. The summed E-state index contributed by atoms with van der Waals surface area (Å²) in [5.41, 5.74) is 1.15. The highest BCUT2D eigenvalue weighted by Crippen LogP contribution is 2.20. The van der Waals surface area contributed by atoms with Crippen LogP contribution in [0.2, 0.25) is 5.15 Å². The second kappa shape index (κ2) is 7.31. The van der Waals surface area contributed by atoms with E-state index in [4.69, 9.17) is 16.3 Å². The molecule has 1 aromatic carbocycles. The molecule has 1 aliphatic rings. The number of hydrazine groups is 1. The Labute approximate surface area is 144 Å². The second-order valence-electron chi connectivity index (χ2n) is 5.29. The lowest BCUT2D eigenvalue weighted by Crippen LogP contribution is -2.45. The van der Waals surface area contributed by atoms with Crippen molar-refractivity contribution in [2.24, 2.45) is 0 Å². The summed E-state index contributed by atoms with van der Waals surface area (Å²) >= 11 is 5.97. The van der Waals surface area contributed by atoms with Gasteiger partial charge in [-0.1, -0.05) is 41.9 Å². The van der Waals surface area contributed by atoms with E-state index in [1.807, 2.05) is 30.3 Å². The molecule has 0 spiro atoms. The molecule has 7 heteroatoms. The van der Waals surface area contributed by atoms with Crippen LogP contribution in [0.1, 0.15) is 22.3 Å². The quantitative estimate of drug-likeness (QED) is 0.802. The zero-order chi connectivity index (χ0) is 16.9. The Morgan fingerprint density at radius 1 is 1.08 bits per heavy atom. The molecular formula is C17H16ClN3O3. The van der Waals surface area contributed by atoms with Crippen molar-refractivity contribution in [2.75, 3.05) is 13.1 Å². The fourth-order valence-corrected chi connectivity index (χ4v) is 2.69. The fraction of sp³-hybridized carbons (Fsp3) is 0.235. The molecule has 124 valence electrons. The predicted molar refractivity (Wildman–Crippen MR) is 88.2 cm³/mol. The predicted octanol–water partition coefficient (Wildman–Crippen LogP) is 3.13. The van der Waals surface area contributed by atoms with Crippen molar-refractivity contribution >= 4 is 23.6 Å². The zero-order valence-electron chi connectivity index (χ0n) is 12.9. The van der Waals surface area contributed by atoms with Gasteiger partial charge in [-0.3, -0.25) is 4.79 Å². The molecule has 0 N–H and O–H groups in total. The summed E-state index contributed by atoms with van der Waals surface area (Å²) in [7, 11) is 0.